The fourth-order valence-electron chi connectivity index (χ4n) is 0.183. The van der Waals surface area contributed by atoms with Gasteiger partial charge < -0.3 is 5.11 Å². The number of aliphatic hydroxyl groups is 1. The topological polar surface area (TPSA) is 20.2 Å². The summed E-state index contributed by atoms with van der Waals surface area (Å²) < 4.78 is 0. The van der Waals surface area contributed by atoms with Gasteiger partial charge in [-0.1, -0.05) is 11.6 Å². The molecule has 0 bridgehead atoms. The van der Waals surface area contributed by atoms with E-state index in [1.54, 1.807) is 6.08 Å². The summed E-state index contributed by atoms with van der Waals surface area (Å²) in [5.74, 6) is 0. The molecule has 0 amide bonds. The summed E-state index contributed by atoms with van der Waals surface area (Å²) in [5.41, 5.74) is 1.16. The van der Waals surface area contributed by atoms with Crippen molar-refractivity contribution in [3.8, 4) is 0 Å². The second-order valence-electron chi connectivity index (χ2n) is 1.46. The SMILES string of the molecule is CC(C)=CCO.Cl. The normalized spacial score (nSPS) is 6.71. The van der Waals surface area contributed by atoms with Crippen molar-refractivity contribution >= 4 is 12.4 Å². The largest absolute Gasteiger partial charge is 0.392 e. The van der Waals surface area contributed by atoms with Crippen LogP contribution in [0.3, 0.4) is 0 Å². The van der Waals surface area contributed by atoms with Crippen LogP contribution in [0.2, 0.25) is 0 Å². The monoisotopic (exact) mass is 122 g/mol. The average molecular weight is 123 g/mol. The smallest absolute Gasteiger partial charge is 0.0614 e. The van der Waals surface area contributed by atoms with Gasteiger partial charge in [0, 0.05) is 0 Å². The maximum absolute atomic E-state index is 8.16. The number of rotatable bonds is 1. The number of allylic oxidation sites excluding steroid dienone is 1. The minimum atomic E-state index is 0. The van der Waals surface area contributed by atoms with Gasteiger partial charge in [0.25, 0.3) is 0 Å². The molecule has 0 spiro atoms. The summed E-state index contributed by atoms with van der Waals surface area (Å²) in [4.78, 5) is 0. The molecule has 0 aliphatic carbocycles. The second-order valence-corrected chi connectivity index (χ2v) is 1.46. The molecule has 0 fully saturated rings. The standard InChI is InChI=1S/C5H10O.ClH/c1-5(2)3-4-6;/h3,6H,4H2,1-2H3;1H. The minimum absolute atomic E-state index is 0. The third-order valence-electron chi connectivity index (χ3n) is 0.500. The molecule has 0 atom stereocenters. The molecule has 0 aliphatic heterocycles. The Bertz CT molecular complexity index is 55.1. The van der Waals surface area contributed by atoms with Crippen molar-refractivity contribution in [3.05, 3.63) is 11.6 Å². The number of halogens is 1. The highest BCUT2D eigenvalue weighted by atomic mass is 35.5. The van der Waals surface area contributed by atoms with Gasteiger partial charge in [0.05, 0.1) is 6.61 Å². The van der Waals surface area contributed by atoms with E-state index >= 15 is 0 Å². The summed E-state index contributed by atoms with van der Waals surface area (Å²) in [6.45, 7) is 4.08. The van der Waals surface area contributed by atoms with Gasteiger partial charge in [-0.05, 0) is 13.8 Å². The molecule has 7 heavy (non-hydrogen) atoms. The van der Waals surface area contributed by atoms with Crippen molar-refractivity contribution in [2.24, 2.45) is 0 Å². The van der Waals surface area contributed by atoms with Crippen molar-refractivity contribution in [2.45, 2.75) is 13.8 Å². The van der Waals surface area contributed by atoms with Crippen molar-refractivity contribution < 1.29 is 5.11 Å². The van der Waals surface area contributed by atoms with Gasteiger partial charge in [-0.3, -0.25) is 0 Å². The van der Waals surface area contributed by atoms with Gasteiger partial charge in [-0.25, -0.2) is 0 Å². The van der Waals surface area contributed by atoms with E-state index in [-0.39, 0.29) is 19.0 Å². The van der Waals surface area contributed by atoms with Gasteiger partial charge in [0.15, 0.2) is 0 Å². The molecule has 0 saturated carbocycles. The fourth-order valence-corrected chi connectivity index (χ4v) is 0.183. The predicted octanol–water partition coefficient (Wildman–Crippen LogP) is 1.37. The maximum Gasteiger partial charge on any atom is 0.0614 e. The summed E-state index contributed by atoms with van der Waals surface area (Å²) >= 11 is 0. The summed E-state index contributed by atoms with van der Waals surface area (Å²) in [6.07, 6.45) is 1.76. The summed E-state index contributed by atoms with van der Waals surface area (Å²) in [6, 6.07) is 0. The lowest BCUT2D eigenvalue weighted by Crippen LogP contribution is -1.71. The van der Waals surface area contributed by atoms with Gasteiger partial charge in [0.1, 0.15) is 0 Å². The Hall–Kier alpha value is -0.0100. The molecule has 0 heterocycles. The second kappa shape index (κ2) is 5.99. The molecule has 2 heteroatoms. The average Bonchev–Trinajstić information content (AvgIpc) is 1.35. The van der Waals surface area contributed by atoms with E-state index in [1.165, 1.54) is 0 Å². The van der Waals surface area contributed by atoms with Gasteiger partial charge >= 0.3 is 0 Å². The predicted molar refractivity (Wildman–Crippen MR) is 33.8 cm³/mol. The molecule has 0 aromatic carbocycles. The molecule has 0 aromatic rings. The van der Waals surface area contributed by atoms with Crippen molar-refractivity contribution in [3.63, 3.8) is 0 Å². The molecule has 0 rings (SSSR count). The third kappa shape index (κ3) is 10.7. The van der Waals surface area contributed by atoms with E-state index in [0.717, 1.165) is 5.57 Å². The van der Waals surface area contributed by atoms with Crippen LogP contribution in [-0.2, 0) is 0 Å². The van der Waals surface area contributed by atoms with Gasteiger partial charge in [-0.2, -0.15) is 0 Å². The quantitative estimate of drug-likeness (QED) is 0.521. The lowest BCUT2D eigenvalue weighted by molar-refractivity contribution is 0.342. The summed E-state index contributed by atoms with van der Waals surface area (Å²) in [5, 5.41) is 8.16. The van der Waals surface area contributed by atoms with Crippen LogP contribution in [0.15, 0.2) is 11.6 Å². The highest BCUT2D eigenvalue weighted by Crippen LogP contribution is 1.83. The molecule has 44 valence electrons. The van der Waals surface area contributed by atoms with Crippen LogP contribution in [0.4, 0.5) is 0 Å². The molecule has 0 saturated heterocycles. The van der Waals surface area contributed by atoms with Gasteiger partial charge in [0.2, 0.25) is 0 Å². The lowest BCUT2D eigenvalue weighted by Gasteiger charge is -1.80. The zero-order chi connectivity index (χ0) is 4.99. The van der Waals surface area contributed by atoms with Crippen molar-refractivity contribution in [1.29, 1.82) is 0 Å². The molecular formula is C5H11ClO. The Morgan fingerprint density at radius 3 is 2.00 bits per heavy atom. The lowest BCUT2D eigenvalue weighted by atomic mass is 10.3. The van der Waals surface area contributed by atoms with E-state index < -0.39 is 0 Å². The van der Waals surface area contributed by atoms with E-state index in [9.17, 15) is 0 Å². The first-order chi connectivity index (χ1) is 2.77. The molecule has 1 N–H and O–H groups in total. The van der Waals surface area contributed by atoms with Crippen LogP contribution in [-0.4, -0.2) is 11.7 Å². The highest BCUT2D eigenvalue weighted by molar-refractivity contribution is 5.85. The van der Waals surface area contributed by atoms with Crippen molar-refractivity contribution in [1.82, 2.24) is 0 Å². The van der Waals surface area contributed by atoms with Crippen molar-refractivity contribution in [2.75, 3.05) is 6.61 Å². The number of hydrogen-bond acceptors (Lipinski definition) is 1. The molecule has 0 aliphatic rings. The van der Waals surface area contributed by atoms with E-state index in [1.807, 2.05) is 13.8 Å². The van der Waals surface area contributed by atoms with Crippen LogP contribution < -0.4 is 0 Å². The fraction of sp³-hybridized carbons (Fsp3) is 0.600. The Labute approximate surface area is 50.5 Å². The maximum atomic E-state index is 8.16. The van der Waals surface area contributed by atoms with Crippen LogP contribution in [0.25, 0.3) is 0 Å². The first-order valence-electron chi connectivity index (χ1n) is 2.01. The number of hydrogen-bond donors (Lipinski definition) is 1. The molecule has 1 nitrogen and oxygen atoms in total. The number of aliphatic hydroxyl groups excluding tert-OH is 1. The molecule has 0 unspecified atom stereocenters. The zero-order valence-corrected chi connectivity index (χ0v) is 5.46. The van der Waals surface area contributed by atoms with E-state index in [2.05, 4.69) is 0 Å². The molecular weight excluding hydrogens is 112 g/mol. The first kappa shape index (κ1) is 10.1. The van der Waals surface area contributed by atoms with E-state index in [4.69, 9.17) is 5.11 Å². The Morgan fingerprint density at radius 2 is 2.00 bits per heavy atom. The minimum Gasteiger partial charge on any atom is -0.392 e. The van der Waals surface area contributed by atoms with Crippen LogP contribution >= 0.6 is 12.4 Å². The Kier molecular flexibility index (Phi) is 8.62. The van der Waals surface area contributed by atoms with Crippen LogP contribution in [0, 0.1) is 0 Å². The summed E-state index contributed by atoms with van der Waals surface area (Å²) in [7, 11) is 0. The first-order valence-corrected chi connectivity index (χ1v) is 2.01. The molecule has 0 aromatic heterocycles. The van der Waals surface area contributed by atoms with E-state index in [0.29, 0.717) is 0 Å². The Morgan fingerprint density at radius 1 is 1.57 bits per heavy atom. The van der Waals surface area contributed by atoms with Crippen LogP contribution in [0.5, 0.6) is 0 Å². The van der Waals surface area contributed by atoms with Gasteiger partial charge in [-0.15, -0.1) is 12.4 Å². The third-order valence-corrected chi connectivity index (χ3v) is 0.500. The van der Waals surface area contributed by atoms with Crippen LogP contribution in [0.1, 0.15) is 13.8 Å². The Balaban J connectivity index is 0. The molecule has 0 radical (unpaired) electrons. The zero-order valence-electron chi connectivity index (χ0n) is 4.64. The highest BCUT2D eigenvalue weighted by Gasteiger charge is 1.68.